The first-order valence-corrected chi connectivity index (χ1v) is 3.89. The van der Waals surface area contributed by atoms with Crippen LogP contribution in [-0.4, -0.2) is 23.3 Å². The van der Waals surface area contributed by atoms with Gasteiger partial charge in [0, 0.05) is 13.5 Å². The predicted molar refractivity (Wildman–Crippen MR) is 42.4 cm³/mol. The molecule has 0 atom stereocenters. The van der Waals surface area contributed by atoms with Crippen molar-refractivity contribution in [3.8, 4) is 0 Å². The minimum atomic E-state index is 0.376. The molecule has 1 heterocycles. The monoisotopic (exact) mass is 171 g/mol. The highest BCUT2D eigenvalue weighted by Gasteiger charge is 2.00. The van der Waals surface area contributed by atoms with E-state index in [9.17, 15) is 0 Å². The summed E-state index contributed by atoms with van der Waals surface area (Å²) in [6, 6.07) is 0. The number of aromatic nitrogens is 2. The number of nitrogens with zero attached hydrogens (tertiary/aromatic N) is 2. The van der Waals surface area contributed by atoms with Crippen molar-refractivity contribution in [2.75, 3.05) is 13.2 Å². The van der Waals surface area contributed by atoms with E-state index in [1.807, 2.05) is 0 Å². The summed E-state index contributed by atoms with van der Waals surface area (Å²) in [5, 5.41) is 7.43. The van der Waals surface area contributed by atoms with Gasteiger partial charge in [0.2, 0.25) is 11.8 Å². The molecule has 0 aliphatic heterocycles. The van der Waals surface area contributed by atoms with Crippen LogP contribution in [-0.2, 0) is 11.3 Å². The molecule has 0 aromatic carbocycles. The molecule has 5 nitrogen and oxygen atoms in total. The molecule has 0 unspecified atom stereocenters. The normalized spacial score (nSPS) is 10.5. The average Bonchev–Trinajstić information content (AvgIpc) is 2.45. The van der Waals surface area contributed by atoms with E-state index in [1.165, 1.54) is 0 Å². The number of rotatable bonds is 5. The maximum atomic E-state index is 5.28. The Balaban J connectivity index is 2.15. The van der Waals surface area contributed by atoms with Crippen LogP contribution < -0.4 is 5.73 Å². The van der Waals surface area contributed by atoms with Crippen LogP contribution in [0, 0.1) is 6.92 Å². The molecular formula is C7H13N3O2. The van der Waals surface area contributed by atoms with Crippen molar-refractivity contribution in [1.29, 1.82) is 0 Å². The summed E-state index contributed by atoms with van der Waals surface area (Å²) >= 11 is 0. The number of hydrogen-bond donors (Lipinski definition) is 1. The Labute approximate surface area is 70.9 Å². The third-order valence-electron chi connectivity index (χ3n) is 1.29. The lowest BCUT2D eigenvalue weighted by molar-refractivity contribution is 0.101. The molecule has 0 spiro atoms. The third kappa shape index (κ3) is 2.98. The smallest absolute Gasteiger partial charge is 0.242 e. The topological polar surface area (TPSA) is 74.2 Å². The minimum absolute atomic E-state index is 0.376. The first-order valence-electron chi connectivity index (χ1n) is 3.89. The summed E-state index contributed by atoms with van der Waals surface area (Å²) in [6.45, 7) is 3.40. The number of aryl methyl sites for hydroxylation is 1. The van der Waals surface area contributed by atoms with Gasteiger partial charge in [0.25, 0.3) is 0 Å². The molecule has 0 radical (unpaired) electrons. The third-order valence-corrected chi connectivity index (χ3v) is 1.29. The van der Waals surface area contributed by atoms with Gasteiger partial charge < -0.3 is 14.9 Å². The van der Waals surface area contributed by atoms with Gasteiger partial charge in [0.1, 0.15) is 6.61 Å². The van der Waals surface area contributed by atoms with E-state index in [1.54, 1.807) is 6.92 Å². The fourth-order valence-corrected chi connectivity index (χ4v) is 0.741. The van der Waals surface area contributed by atoms with Crippen molar-refractivity contribution in [3.63, 3.8) is 0 Å². The Kier molecular flexibility index (Phi) is 3.69. The van der Waals surface area contributed by atoms with Crippen molar-refractivity contribution in [3.05, 3.63) is 11.8 Å². The van der Waals surface area contributed by atoms with Crippen molar-refractivity contribution < 1.29 is 9.15 Å². The Morgan fingerprint density at radius 2 is 2.33 bits per heavy atom. The van der Waals surface area contributed by atoms with Crippen LogP contribution in [0.15, 0.2) is 4.42 Å². The molecule has 1 rings (SSSR count). The number of ether oxygens (including phenoxy) is 1. The lowest BCUT2D eigenvalue weighted by Gasteiger charge is -1.97. The zero-order valence-electron chi connectivity index (χ0n) is 7.12. The van der Waals surface area contributed by atoms with Crippen molar-refractivity contribution >= 4 is 0 Å². The van der Waals surface area contributed by atoms with Gasteiger partial charge in [-0.3, -0.25) is 0 Å². The number of nitrogens with two attached hydrogens (primary N) is 1. The van der Waals surface area contributed by atoms with Crippen molar-refractivity contribution in [2.45, 2.75) is 20.0 Å². The minimum Gasteiger partial charge on any atom is -0.423 e. The summed E-state index contributed by atoms with van der Waals surface area (Å²) in [6.07, 6.45) is 0.854. The lowest BCUT2D eigenvalue weighted by atomic mass is 10.5. The van der Waals surface area contributed by atoms with Crippen LogP contribution in [0.4, 0.5) is 0 Å². The van der Waals surface area contributed by atoms with E-state index in [0.29, 0.717) is 31.5 Å². The highest BCUT2D eigenvalue weighted by molar-refractivity contribution is 4.75. The molecule has 68 valence electrons. The maximum absolute atomic E-state index is 5.28. The van der Waals surface area contributed by atoms with Crippen LogP contribution in [0.3, 0.4) is 0 Å². The molecule has 0 saturated carbocycles. The Hall–Kier alpha value is -0.940. The first-order chi connectivity index (χ1) is 5.83. The summed E-state index contributed by atoms with van der Waals surface area (Å²) in [5.41, 5.74) is 5.28. The maximum Gasteiger partial charge on any atom is 0.242 e. The molecule has 1 aromatic rings. The van der Waals surface area contributed by atoms with Crippen LogP contribution in [0.5, 0.6) is 0 Å². The second-order valence-corrected chi connectivity index (χ2v) is 2.41. The van der Waals surface area contributed by atoms with Crippen LogP contribution in [0.25, 0.3) is 0 Å². The molecular weight excluding hydrogens is 158 g/mol. The Morgan fingerprint density at radius 1 is 1.50 bits per heavy atom. The molecule has 5 heteroatoms. The second-order valence-electron chi connectivity index (χ2n) is 2.41. The van der Waals surface area contributed by atoms with Gasteiger partial charge in [-0.05, 0) is 13.0 Å². The van der Waals surface area contributed by atoms with Gasteiger partial charge in [-0.2, -0.15) is 0 Å². The summed E-state index contributed by atoms with van der Waals surface area (Å²) in [4.78, 5) is 0. The van der Waals surface area contributed by atoms with Gasteiger partial charge in [-0.15, -0.1) is 10.2 Å². The molecule has 0 bridgehead atoms. The summed E-state index contributed by atoms with van der Waals surface area (Å²) in [5.74, 6) is 1.08. The second kappa shape index (κ2) is 4.84. The zero-order chi connectivity index (χ0) is 8.81. The molecule has 0 aliphatic carbocycles. The highest BCUT2D eigenvalue weighted by Crippen LogP contribution is 1.99. The summed E-state index contributed by atoms with van der Waals surface area (Å²) < 4.78 is 10.3. The van der Waals surface area contributed by atoms with Crippen LogP contribution >= 0.6 is 0 Å². The van der Waals surface area contributed by atoms with Gasteiger partial charge >= 0.3 is 0 Å². The predicted octanol–water partition coefficient (Wildman–Crippen LogP) is 0.243. The van der Waals surface area contributed by atoms with E-state index in [4.69, 9.17) is 14.9 Å². The molecule has 0 fully saturated rings. The fourth-order valence-electron chi connectivity index (χ4n) is 0.741. The molecule has 0 amide bonds. The standard InChI is InChI=1S/C7H13N3O2/c1-6-9-10-7(12-6)5-11-4-2-3-8/h2-5,8H2,1H3. The van der Waals surface area contributed by atoms with E-state index in [2.05, 4.69) is 10.2 Å². The molecule has 0 aliphatic rings. The van der Waals surface area contributed by atoms with Crippen LogP contribution in [0.2, 0.25) is 0 Å². The Morgan fingerprint density at radius 3 is 2.92 bits per heavy atom. The van der Waals surface area contributed by atoms with E-state index >= 15 is 0 Å². The zero-order valence-corrected chi connectivity index (χ0v) is 7.12. The van der Waals surface area contributed by atoms with Gasteiger partial charge in [-0.1, -0.05) is 0 Å². The largest absolute Gasteiger partial charge is 0.423 e. The fraction of sp³-hybridized carbons (Fsp3) is 0.714. The number of hydrogen-bond acceptors (Lipinski definition) is 5. The highest BCUT2D eigenvalue weighted by atomic mass is 16.5. The Bertz CT molecular complexity index is 224. The average molecular weight is 171 g/mol. The van der Waals surface area contributed by atoms with Crippen molar-refractivity contribution in [1.82, 2.24) is 10.2 Å². The van der Waals surface area contributed by atoms with E-state index in [0.717, 1.165) is 6.42 Å². The summed E-state index contributed by atoms with van der Waals surface area (Å²) in [7, 11) is 0. The molecule has 2 N–H and O–H groups in total. The van der Waals surface area contributed by atoms with Gasteiger partial charge in [0.15, 0.2) is 0 Å². The van der Waals surface area contributed by atoms with E-state index < -0.39 is 0 Å². The first kappa shape index (κ1) is 9.15. The van der Waals surface area contributed by atoms with Crippen molar-refractivity contribution in [2.24, 2.45) is 5.73 Å². The van der Waals surface area contributed by atoms with E-state index in [-0.39, 0.29) is 0 Å². The molecule has 0 saturated heterocycles. The molecule has 12 heavy (non-hydrogen) atoms. The quantitative estimate of drug-likeness (QED) is 0.642. The lowest BCUT2D eigenvalue weighted by Crippen LogP contribution is -2.04. The van der Waals surface area contributed by atoms with Crippen LogP contribution in [0.1, 0.15) is 18.2 Å². The van der Waals surface area contributed by atoms with Gasteiger partial charge in [0.05, 0.1) is 0 Å². The van der Waals surface area contributed by atoms with Gasteiger partial charge in [-0.25, -0.2) is 0 Å². The SMILES string of the molecule is Cc1nnc(COCCCN)o1. The molecule has 1 aromatic heterocycles.